The van der Waals surface area contributed by atoms with Crippen molar-refractivity contribution in [2.45, 2.75) is 58.3 Å². The molecule has 1 aromatic carbocycles. The van der Waals surface area contributed by atoms with Crippen LogP contribution in [0.3, 0.4) is 0 Å². The molecule has 0 unspecified atom stereocenters. The minimum atomic E-state index is -0.440. The van der Waals surface area contributed by atoms with Gasteiger partial charge in [-0.3, -0.25) is 4.90 Å². The molecule has 1 aliphatic rings. The Morgan fingerprint density at radius 2 is 1.95 bits per heavy atom. The lowest BCUT2D eigenvalue weighted by molar-refractivity contribution is 0.0229. The van der Waals surface area contributed by atoms with Crippen LogP contribution in [0.25, 0.3) is 0 Å². The van der Waals surface area contributed by atoms with Gasteiger partial charge in [-0.15, -0.1) is 0 Å². The molecule has 2 rings (SSSR count). The highest BCUT2D eigenvalue weighted by Gasteiger charge is 2.36. The van der Waals surface area contributed by atoms with E-state index < -0.39 is 5.60 Å². The van der Waals surface area contributed by atoms with E-state index in [0.717, 1.165) is 19.5 Å². The SMILES string of the molecule is C[C@@H]1C[C@@H](N(C)Cc2ccccc2)CN1C(=O)OC(C)(C)C. The summed E-state index contributed by atoms with van der Waals surface area (Å²) < 4.78 is 5.51. The van der Waals surface area contributed by atoms with Crippen molar-refractivity contribution in [3.63, 3.8) is 0 Å². The third-order valence-electron chi connectivity index (χ3n) is 4.08. The molecule has 0 radical (unpaired) electrons. The van der Waals surface area contributed by atoms with Gasteiger partial charge in [-0.05, 0) is 46.7 Å². The highest BCUT2D eigenvalue weighted by Crippen LogP contribution is 2.24. The molecule has 1 fully saturated rings. The minimum Gasteiger partial charge on any atom is -0.444 e. The largest absolute Gasteiger partial charge is 0.444 e. The first-order valence-corrected chi connectivity index (χ1v) is 8.00. The number of amides is 1. The number of hydrogen-bond acceptors (Lipinski definition) is 3. The first kappa shape index (κ1) is 16.8. The van der Waals surface area contributed by atoms with Crippen molar-refractivity contribution in [3.05, 3.63) is 35.9 Å². The van der Waals surface area contributed by atoms with Crippen LogP contribution in [-0.4, -0.2) is 47.2 Å². The molecule has 0 bridgehead atoms. The summed E-state index contributed by atoms with van der Waals surface area (Å²) in [5, 5.41) is 0. The van der Waals surface area contributed by atoms with Gasteiger partial charge in [-0.1, -0.05) is 30.3 Å². The van der Waals surface area contributed by atoms with Gasteiger partial charge in [0.25, 0.3) is 0 Å². The average molecular weight is 304 g/mol. The Bertz CT molecular complexity index is 496. The fourth-order valence-electron chi connectivity index (χ4n) is 2.90. The summed E-state index contributed by atoms with van der Waals surface area (Å²) in [6.45, 7) is 9.46. The first-order valence-electron chi connectivity index (χ1n) is 8.00. The highest BCUT2D eigenvalue weighted by molar-refractivity contribution is 5.69. The van der Waals surface area contributed by atoms with E-state index in [1.165, 1.54) is 5.56 Å². The van der Waals surface area contributed by atoms with Crippen LogP contribution >= 0.6 is 0 Å². The fourth-order valence-corrected chi connectivity index (χ4v) is 2.90. The van der Waals surface area contributed by atoms with Crippen molar-refractivity contribution in [1.82, 2.24) is 9.80 Å². The first-order chi connectivity index (χ1) is 10.3. The minimum absolute atomic E-state index is 0.199. The molecule has 0 aromatic heterocycles. The molecule has 1 heterocycles. The van der Waals surface area contributed by atoms with Crippen LogP contribution in [0.2, 0.25) is 0 Å². The molecule has 1 aliphatic heterocycles. The highest BCUT2D eigenvalue weighted by atomic mass is 16.6. The molecule has 1 amide bonds. The van der Waals surface area contributed by atoms with Gasteiger partial charge in [0.2, 0.25) is 0 Å². The van der Waals surface area contributed by atoms with Crippen molar-refractivity contribution < 1.29 is 9.53 Å². The molecule has 4 heteroatoms. The predicted molar refractivity (Wildman–Crippen MR) is 88.7 cm³/mol. The van der Waals surface area contributed by atoms with Gasteiger partial charge in [0.1, 0.15) is 5.60 Å². The number of benzene rings is 1. The Morgan fingerprint density at radius 3 is 2.55 bits per heavy atom. The number of likely N-dealkylation sites (N-methyl/N-ethyl adjacent to an activating group) is 1. The predicted octanol–water partition coefficient (Wildman–Crippen LogP) is 3.52. The summed E-state index contributed by atoms with van der Waals surface area (Å²) in [5.41, 5.74) is 0.860. The Hall–Kier alpha value is -1.55. The summed E-state index contributed by atoms with van der Waals surface area (Å²) in [7, 11) is 2.13. The normalized spacial score (nSPS) is 22.2. The van der Waals surface area contributed by atoms with Crippen molar-refractivity contribution >= 4 is 6.09 Å². The second kappa shape index (κ2) is 6.69. The van der Waals surface area contributed by atoms with E-state index in [-0.39, 0.29) is 12.1 Å². The molecule has 122 valence electrons. The summed E-state index contributed by atoms with van der Waals surface area (Å²) in [4.78, 5) is 16.5. The molecular weight excluding hydrogens is 276 g/mol. The van der Waals surface area contributed by atoms with E-state index in [9.17, 15) is 4.79 Å². The third kappa shape index (κ3) is 4.47. The van der Waals surface area contributed by atoms with Crippen LogP contribution in [0.1, 0.15) is 39.7 Å². The topological polar surface area (TPSA) is 32.8 Å². The van der Waals surface area contributed by atoms with Crippen molar-refractivity contribution in [2.24, 2.45) is 0 Å². The van der Waals surface area contributed by atoms with E-state index in [0.29, 0.717) is 6.04 Å². The molecule has 1 aromatic rings. The van der Waals surface area contributed by atoms with Crippen molar-refractivity contribution in [3.8, 4) is 0 Å². The molecule has 1 saturated heterocycles. The summed E-state index contributed by atoms with van der Waals surface area (Å²) in [5.74, 6) is 0. The van der Waals surface area contributed by atoms with E-state index >= 15 is 0 Å². The maximum Gasteiger partial charge on any atom is 0.410 e. The van der Waals surface area contributed by atoms with Crippen LogP contribution < -0.4 is 0 Å². The summed E-state index contributed by atoms with van der Waals surface area (Å²) in [6.07, 6.45) is 0.790. The third-order valence-corrected chi connectivity index (χ3v) is 4.08. The van der Waals surface area contributed by atoms with E-state index in [1.54, 1.807) is 0 Å². The van der Waals surface area contributed by atoms with Crippen molar-refractivity contribution in [1.29, 1.82) is 0 Å². The molecule has 2 atom stereocenters. The van der Waals surface area contributed by atoms with Crippen LogP contribution in [0.15, 0.2) is 30.3 Å². The fraction of sp³-hybridized carbons (Fsp3) is 0.611. The number of hydrogen-bond donors (Lipinski definition) is 0. The van der Waals surface area contributed by atoms with E-state index in [4.69, 9.17) is 4.74 Å². The number of carbonyl (C=O) groups excluding carboxylic acids is 1. The second-order valence-electron chi connectivity index (χ2n) is 7.27. The maximum atomic E-state index is 12.3. The lowest BCUT2D eigenvalue weighted by Gasteiger charge is -2.27. The van der Waals surface area contributed by atoms with Crippen LogP contribution in [-0.2, 0) is 11.3 Å². The number of rotatable bonds is 3. The van der Waals surface area contributed by atoms with Gasteiger partial charge in [0.05, 0.1) is 0 Å². The van der Waals surface area contributed by atoms with Crippen LogP contribution in [0.4, 0.5) is 4.79 Å². The van der Waals surface area contributed by atoms with Gasteiger partial charge < -0.3 is 9.64 Å². The van der Waals surface area contributed by atoms with Gasteiger partial charge in [0, 0.05) is 25.2 Å². The molecular formula is C18H28N2O2. The lowest BCUT2D eigenvalue weighted by atomic mass is 10.1. The van der Waals surface area contributed by atoms with Gasteiger partial charge >= 0.3 is 6.09 Å². The van der Waals surface area contributed by atoms with Crippen LogP contribution in [0, 0.1) is 0 Å². The van der Waals surface area contributed by atoms with Gasteiger partial charge in [-0.25, -0.2) is 4.79 Å². The molecule has 0 spiro atoms. The zero-order valence-electron chi connectivity index (χ0n) is 14.4. The number of likely N-dealkylation sites (tertiary alicyclic amines) is 1. The zero-order chi connectivity index (χ0) is 16.3. The van der Waals surface area contributed by atoms with Gasteiger partial charge in [0.15, 0.2) is 0 Å². The molecule has 0 N–H and O–H groups in total. The van der Waals surface area contributed by atoms with E-state index in [2.05, 4.69) is 43.1 Å². The number of ether oxygens (including phenoxy) is 1. The molecule has 4 nitrogen and oxygen atoms in total. The van der Waals surface area contributed by atoms with E-state index in [1.807, 2.05) is 31.7 Å². The Morgan fingerprint density at radius 1 is 1.32 bits per heavy atom. The number of nitrogens with zero attached hydrogens (tertiary/aromatic N) is 2. The second-order valence-corrected chi connectivity index (χ2v) is 7.27. The Kier molecular flexibility index (Phi) is 5.12. The molecule has 22 heavy (non-hydrogen) atoms. The summed E-state index contributed by atoms with van der Waals surface area (Å²) in [6, 6.07) is 11.0. The zero-order valence-corrected chi connectivity index (χ0v) is 14.4. The maximum absolute atomic E-state index is 12.3. The Balaban J connectivity index is 1.94. The lowest BCUT2D eigenvalue weighted by Crippen LogP contribution is -2.40. The average Bonchev–Trinajstić information content (AvgIpc) is 2.80. The number of carbonyl (C=O) groups is 1. The molecule has 0 saturated carbocycles. The van der Waals surface area contributed by atoms with Crippen LogP contribution in [0.5, 0.6) is 0 Å². The smallest absolute Gasteiger partial charge is 0.410 e. The molecule has 0 aliphatic carbocycles. The standard InChI is InChI=1S/C18H28N2O2/c1-14-11-16(13-20(14)17(21)22-18(2,3)4)19(5)12-15-9-7-6-8-10-15/h6-10,14,16H,11-13H2,1-5H3/t14-,16-/m1/s1. The van der Waals surface area contributed by atoms with Gasteiger partial charge in [-0.2, -0.15) is 0 Å². The quantitative estimate of drug-likeness (QED) is 0.856. The summed E-state index contributed by atoms with van der Waals surface area (Å²) >= 11 is 0. The van der Waals surface area contributed by atoms with Crippen molar-refractivity contribution in [2.75, 3.05) is 13.6 Å². The monoisotopic (exact) mass is 304 g/mol. The Labute approximate surface area is 134 Å².